The first kappa shape index (κ1) is 9.09. The summed E-state index contributed by atoms with van der Waals surface area (Å²) >= 11 is 2.18. The highest BCUT2D eigenvalue weighted by Gasteiger charge is 2.25. The SMILES string of the molecule is O=C1C=C(I)C=C2C1=Cc1ccccc12. The summed E-state index contributed by atoms with van der Waals surface area (Å²) < 4.78 is 1.00. The van der Waals surface area contributed by atoms with Crippen LogP contribution in [0.5, 0.6) is 0 Å². The molecule has 0 N–H and O–H groups in total. The molecule has 15 heavy (non-hydrogen) atoms. The number of benzene rings is 1. The average molecular weight is 306 g/mol. The highest BCUT2D eigenvalue weighted by atomic mass is 127. The minimum Gasteiger partial charge on any atom is -0.289 e. The first-order valence-corrected chi connectivity index (χ1v) is 5.78. The fourth-order valence-corrected chi connectivity index (χ4v) is 2.58. The first-order chi connectivity index (χ1) is 7.25. The Morgan fingerprint density at radius 2 is 1.73 bits per heavy atom. The van der Waals surface area contributed by atoms with Gasteiger partial charge in [0.25, 0.3) is 0 Å². The third-order valence-electron chi connectivity index (χ3n) is 2.66. The van der Waals surface area contributed by atoms with Crippen molar-refractivity contribution >= 4 is 40.0 Å². The van der Waals surface area contributed by atoms with Crippen LogP contribution >= 0.6 is 22.6 Å². The van der Waals surface area contributed by atoms with Gasteiger partial charge in [-0.2, -0.15) is 0 Å². The Hall–Kier alpha value is -1.16. The van der Waals surface area contributed by atoms with Crippen LogP contribution in [0.25, 0.3) is 11.6 Å². The van der Waals surface area contributed by atoms with Crippen molar-refractivity contribution in [2.24, 2.45) is 0 Å². The van der Waals surface area contributed by atoms with E-state index < -0.39 is 0 Å². The second-order valence-electron chi connectivity index (χ2n) is 3.60. The van der Waals surface area contributed by atoms with Gasteiger partial charge in [-0.1, -0.05) is 24.3 Å². The summed E-state index contributed by atoms with van der Waals surface area (Å²) in [5.41, 5.74) is 4.22. The van der Waals surface area contributed by atoms with Crippen molar-refractivity contribution in [3.8, 4) is 0 Å². The molecule has 0 saturated carbocycles. The van der Waals surface area contributed by atoms with Gasteiger partial charge >= 0.3 is 0 Å². The zero-order valence-electron chi connectivity index (χ0n) is 7.83. The van der Waals surface area contributed by atoms with E-state index >= 15 is 0 Å². The molecule has 0 aliphatic heterocycles. The van der Waals surface area contributed by atoms with Crippen LogP contribution < -0.4 is 0 Å². The molecule has 2 aliphatic carbocycles. The van der Waals surface area contributed by atoms with Gasteiger partial charge in [0.2, 0.25) is 0 Å². The number of rotatable bonds is 0. The summed E-state index contributed by atoms with van der Waals surface area (Å²) in [6.45, 7) is 0. The highest BCUT2D eigenvalue weighted by Crippen LogP contribution is 2.39. The van der Waals surface area contributed by atoms with E-state index in [0.717, 1.165) is 20.3 Å². The average Bonchev–Trinajstić information content (AvgIpc) is 2.57. The molecule has 0 radical (unpaired) electrons. The molecule has 1 aromatic rings. The van der Waals surface area contributed by atoms with Gasteiger partial charge in [0.15, 0.2) is 5.78 Å². The molecule has 0 heterocycles. The van der Waals surface area contributed by atoms with Crippen molar-refractivity contribution in [3.63, 3.8) is 0 Å². The van der Waals surface area contributed by atoms with E-state index in [1.165, 1.54) is 5.56 Å². The number of hydrogen-bond donors (Lipinski definition) is 0. The molecule has 0 bridgehead atoms. The maximum Gasteiger partial charge on any atom is 0.187 e. The molecule has 0 atom stereocenters. The molecule has 2 heteroatoms. The van der Waals surface area contributed by atoms with E-state index in [1.54, 1.807) is 6.08 Å². The number of ketones is 1. The van der Waals surface area contributed by atoms with Crippen molar-refractivity contribution in [3.05, 3.63) is 56.7 Å². The predicted octanol–water partition coefficient (Wildman–Crippen LogP) is 3.37. The number of fused-ring (bicyclic) bond motifs is 3. The monoisotopic (exact) mass is 306 g/mol. The van der Waals surface area contributed by atoms with Crippen LogP contribution in [0, 0.1) is 0 Å². The van der Waals surface area contributed by atoms with E-state index in [1.807, 2.05) is 24.3 Å². The molecule has 0 fully saturated rings. The third-order valence-corrected chi connectivity index (χ3v) is 3.28. The summed E-state index contributed by atoms with van der Waals surface area (Å²) in [7, 11) is 0. The highest BCUT2D eigenvalue weighted by molar-refractivity contribution is 14.1. The van der Waals surface area contributed by atoms with Crippen LogP contribution in [0.4, 0.5) is 0 Å². The topological polar surface area (TPSA) is 17.1 Å². The van der Waals surface area contributed by atoms with Crippen molar-refractivity contribution in [1.29, 1.82) is 0 Å². The molecular weight excluding hydrogens is 299 g/mol. The Bertz CT molecular complexity index is 562. The number of carbonyl (C=O) groups is 1. The summed E-state index contributed by atoms with van der Waals surface area (Å²) in [5, 5.41) is 0. The molecule has 1 aromatic carbocycles. The molecular formula is C13H7IO. The van der Waals surface area contributed by atoms with Crippen molar-refractivity contribution < 1.29 is 4.79 Å². The van der Waals surface area contributed by atoms with Crippen LogP contribution in [0.1, 0.15) is 11.1 Å². The van der Waals surface area contributed by atoms with Crippen LogP contribution in [-0.2, 0) is 4.79 Å². The molecule has 72 valence electrons. The fraction of sp³-hybridized carbons (Fsp3) is 0. The van der Waals surface area contributed by atoms with Crippen LogP contribution in [-0.4, -0.2) is 5.78 Å². The van der Waals surface area contributed by atoms with E-state index in [0.29, 0.717) is 0 Å². The minimum atomic E-state index is 0.119. The van der Waals surface area contributed by atoms with Gasteiger partial charge in [-0.3, -0.25) is 4.79 Å². The molecule has 1 nitrogen and oxygen atoms in total. The van der Waals surface area contributed by atoms with E-state index in [-0.39, 0.29) is 5.78 Å². The van der Waals surface area contributed by atoms with Gasteiger partial charge in [0, 0.05) is 9.15 Å². The van der Waals surface area contributed by atoms with Crippen molar-refractivity contribution in [2.45, 2.75) is 0 Å². The molecule has 0 spiro atoms. The lowest BCUT2D eigenvalue weighted by molar-refractivity contribution is -0.110. The number of carbonyl (C=O) groups excluding carboxylic acids is 1. The Morgan fingerprint density at radius 3 is 2.60 bits per heavy atom. The summed E-state index contributed by atoms with van der Waals surface area (Å²) in [6.07, 6.45) is 5.73. The largest absolute Gasteiger partial charge is 0.289 e. The summed E-state index contributed by atoms with van der Waals surface area (Å²) in [4.78, 5) is 11.8. The molecule has 0 saturated heterocycles. The zero-order chi connectivity index (χ0) is 10.4. The maximum atomic E-state index is 11.8. The lowest BCUT2D eigenvalue weighted by Crippen LogP contribution is -2.02. The Balaban J connectivity index is 2.28. The Kier molecular flexibility index (Phi) is 1.92. The van der Waals surface area contributed by atoms with Gasteiger partial charge < -0.3 is 0 Å². The predicted molar refractivity (Wildman–Crippen MR) is 69.5 cm³/mol. The molecule has 0 unspecified atom stereocenters. The van der Waals surface area contributed by atoms with Crippen LogP contribution in [0.2, 0.25) is 0 Å². The first-order valence-electron chi connectivity index (χ1n) is 4.70. The Morgan fingerprint density at radius 1 is 0.933 bits per heavy atom. The van der Waals surface area contributed by atoms with Crippen molar-refractivity contribution in [1.82, 2.24) is 0 Å². The second kappa shape index (κ2) is 3.17. The standard InChI is InChI=1S/C13H7IO/c14-9-6-11-10-4-2-1-3-8(10)5-12(11)13(15)7-9/h1-7H. The van der Waals surface area contributed by atoms with Gasteiger partial charge in [-0.25, -0.2) is 0 Å². The normalized spacial score (nSPS) is 17.7. The van der Waals surface area contributed by atoms with Crippen molar-refractivity contribution in [2.75, 3.05) is 0 Å². The Labute approximate surface area is 101 Å². The molecule has 3 rings (SSSR count). The van der Waals surface area contributed by atoms with Gasteiger partial charge in [-0.15, -0.1) is 0 Å². The number of allylic oxidation sites excluding steroid dienone is 5. The van der Waals surface area contributed by atoms with E-state index in [4.69, 9.17) is 0 Å². The van der Waals surface area contributed by atoms with E-state index in [2.05, 4.69) is 34.7 Å². The summed E-state index contributed by atoms with van der Waals surface area (Å²) in [5.74, 6) is 0.119. The molecule has 2 aliphatic rings. The van der Waals surface area contributed by atoms with Gasteiger partial charge in [0.1, 0.15) is 0 Å². The minimum absolute atomic E-state index is 0.119. The third kappa shape index (κ3) is 1.32. The summed E-state index contributed by atoms with van der Waals surface area (Å²) in [6, 6.07) is 8.11. The van der Waals surface area contributed by atoms with E-state index in [9.17, 15) is 4.79 Å². The number of halogens is 1. The maximum absolute atomic E-state index is 11.8. The smallest absolute Gasteiger partial charge is 0.187 e. The number of hydrogen-bond acceptors (Lipinski definition) is 1. The van der Waals surface area contributed by atoms with Crippen LogP contribution in [0.15, 0.2) is 45.6 Å². The lowest BCUT2D eigenvalue weighted by Gasteiger charge is -2.09. The van der Waals surface area contributed by atoms with Crippen LogP contribution in [0.3, 0.4) is 0 Å². The molecule has 0 aromatic heterocycles. The lowest BCUT2D eigenvalue weighted by atomic mass is 9.96. The second-order valence-corrected chi connectivity index (χ2v) is 4.84. The van der Waals surface area contributed by atoms with Gasteiger partial charge in [0.05, 0.1) is 0 Å². The quantitative estimate of drug-likeness (QED) is 0.672. The zero-order valence-corrected chi connectivity index (χ0v) is 9.99. The molecule has 0 amide bonds. The fourth-order valence-electron chi connectivity index (χ4n) is 1.99. The van der Waals surface area contributed by atoms with Gasteiger partial charge in [-0.05, 0) is 57.5 Å².